The van der Waals surface area contributed by atoms with Crippen molar-refractivity contribution in [3.63, 3.8) is 0 Å². The van der Waals surface area contributed by atoms with E-state index in [-0.39, 0.29) is 23.8 Å². The van der Waals surface area contributed by atoms with Crippen LogP contribution in [0.4, 0.5) is 0 Å². The van der Waals surface area contributed by atoms with Gasteiger partial charge in [-0.1, -0.05) is 12.8 Å². The fraction of sp³-hybridized carbons (Fsp3) is 0.917. The molecule has 0 radical (unpaired) electrons. The highest BCUT2D eigenvalue weighted by Gasteiger charge is 2.45. The van der Waals surface area contributed by atoms with Crippen LogP contribution in [0.5, 0.6) is 0 Å². The summed E-state index contributed by atoms with van der Waals surface area (Å²) >= 11 is 0. The van der Waals surface area contributed by atoms with Gasteiger partial charge in [0.2, 0.25) is 5.91 Å². The molecule has 0 saturated heterocycles. The van der Waals surface area contributed by atoms with Gasteiger partial charge >= 0.3 is 5.97 Å². The fourth-order valence-corrected chi connectivity index (χ4v) is 4.98. The molecule has 8 heteroatoms. The summed E-state index contributed by atoms with van der Waals surface area (Å²) in [4.78, 5) is 24.7. The topological polar surface area (TPSA) is 114 Å². The number of carboxylic acid groups (broad SMARTS) is 1. The molecule has 0 aromatic carbocycles. The van der Waals surface area contributed by atoms with Crippen LogP contribution in [0.25, 0.3) is 0 Å². The van der Waals surface area contributed by atoms with Crippen LogP contribution >= 0.6 is 0 Å². The summed E-state index contributed by atoms with van der Waals surface area (Å²) in [7, 11) is 1.61. The highest BCUT2D eigenvalue weighted by molar-refractivity contribution is 5.83. The minimum atomic E-state index is -1.03. The maximum atomic E-state index is 13.5. The minimum Gasteiger partial charge on any atom is -0.481 e. The molecule has 32 heavy (non-hydrogen) atoms. The first kappa shape index (κ1) is 27.0. The van der Waals surface area contributed by atoms with Crippen molar-refractivity contribution in [2.75, 3.05) is 26.9 Å². The third-order valence-corrected chi connectivity index (χ3v) is 6.75. The summed E-state index contributed by atoms with van der Waals surface area (Å²) in [5.41, 5.74) is -1.07. The summed E-state index contributed by atoms with van der Waals surface area (Å²) in [6.45, 7) is 6.86. The van der Waals surface area contributed by atoms with Crippen LogP contribution in [0.15, 0.2) is 0 Å². The number of amides is 1. The predicted molar refractivity (Wildman–Crippen MR) is 120 cm³/mol. The van der Waals surface area contributed by atoms with E-state index in [1.807, 2.05) is 20.8 Å². The van der Waals surface area contributed by atoms with Crippen molar-refractivity contribution in [3.05, 3.63) is 0 Å². The second-order valence-electron chi connectivity index (χ2n) is 10.5. The van der Waals surface area contributed by atoms with E-state index in [0.717, 1.165) is 25.7 Å². The van der Waals surface area contributed by atoms with Crippen molar-refractivity contribution in [3.8, 4) is 0 Å². The SMILES string of the molecule is COCCOCC(CC1(C(=O)NC2CCC(C(=O)O)CC2)CCCC1)C(O)OC(C)(C)C. The lowest BCUT2D eigenvalue weighted by Crippen LogP contribution is -2.48. The molecule has 2 aliphatic rings. The molecule has 0 spiro atoms. The van der Waals surface area contributed by atoms with Gasteiger partial charge in [0.1, 0.15) is 0 Å². The molecular weight excluding hydrogens is 414 g/mol. The number of nitrogens with one attached hydrogen (secondary N) is 1. The lowest BCUT2D eigenvalue weighted by Gasteiger charge is -2.37. The fourth-order valence-electron chi connectivity index (χ4n) is 4.98. The first-order valence-corrected chi connectivity index (χ1v) is 12.0. The number of aliphatic hydroxyl groups excluding tert-OH is 1. The number of methoxy groups -OCH3 is 1. The number of ether oxygens (including phenoxy) is 3. The summed E-state index contributed by atoms with van der Waals surface area (Å²) < 4.78 is 16.6. The zero-order chi connectivity index (χ0) is 23.8. The van der Waals surface area contributed by atoms with E-state index in [1.54, 1.807) is 7.11 Å². The van der Waals surface area contributed by atoms with Gasteiger partial charge in [-0.3, -0.25) is 9.59 Å². The third-order valence-electron chi connectivity index (χ3n) is 6.75. The van der Waals surface area contributed by atoms with Crippen LogP contribution in [-0.4, -0.2) is 67.0 Å². The number of aliphatic hydroxyl groups is 1. The predicted octanol–water partition coefficient (Wildman–Crippen LogP) is 3.11. The number of carbonyl (C=O) groups is 2. The largest absolute Gasteiger partial charge is 0.481 e. The van der Waals surface area contributed by atoms with Crippen molar-refractivity contribution < 1.29 is 34.0 Å². The zero-order valence-electron chi connectivity index (χ0n) is 20.2. The van der Waals surface area contributed by atoms with E-state index in [1.165, 1.54) is 0 Å². The molecule has 2 fully saturated rings. The van der Waals surface area contributed by atoms with E-state index < -0.39 is 23.3 Å². The van der Waals surface area contributed by atoms with Gasteiger partial charge in [0.05, 0.1) is 31.3 Å². The maximum Gasteiger partial charge on any atom is 0.306 e. The van der Waals surface area contributed by atoms with E-state index in [2.05, 4.69) is 5.32 Å². The average Bonchev–Trinajstić information content (AvgIpc) is 3.19. The van der Waals surface area contributed by atoms with Crippen LogP contribution < -0.4 is 5.32 Å². The summed E-state index contributed by atoms with van der Waals surface area (Å²) in [6.07, 6.45) is 5.56. The molecule has 2 aliphatic carbocycles. The van der Waals surface area contributed by atoms with Gasteiger partial charge < -0.3 is 29.7 Å². The lowest BCUT2D eigenvalue weighted by atomic mass is 9.76. The lowest BCUT2D eigenvalue weighted by molar-refractivity contribution is -0.206. The Kier molecular flexibility index (Phi) is 10.4. The van der Waals surface area contributed by atoms with E-state index in [0.29, 0.717) is 51.9 Å². The van der Waals surface area contributed by atoms with Crippen molar-refractivity contribution in [1.29, 1.82) is 0 Å². The Morgan fingerprint density at radius 3 is 2.25 bits per heavy atom. The van der Waals surface area contributed by atoms with Crippen molar-refractivity contribution in [1.82, 2.24) is 5.32 Å². The molecule has 0 aromatic rings. The Hall–Kier alpha value is -1.22. The second kappa shape index (κ2) is 12.3. The van der Waals surface area contributed by atoms with Gasteiger partial charge in [0.15, 0.2) is 6.29 Å². The monoisotopic (exact) mass is 457 g/mol. The smallest absolute Gasteiger partial charge is 0.306 e. The van der Waals surface area contributed by atoms with E-state index in [4.69, 9.17) is 14.2 Å². The average molecular weight is 458 g/mol. The maximum absolute atomic E-state index is 13.5. The summed E-state index contributed by atoms with van der Waals surface area (Å²) in [5.74, 6) is -1.36. The molecule has 186 valence electrons. The third kappa shape index (κ3) is 8.28. The molecular formula is C24H43NO7. The standard InChI is InChI=1S/C24H43NO7/c1-23(2,3)32-21(28)18(16-31-14-13-30-4)15-24(11-5-6-12-24)22(29)25-19-9-7-17(8-10-19)20(26)27/h17-19,21,28H,5-16H2,1-4H3,(H,25,29)(H,26,27). The number of rotatable bonds is 12. The summed E-state index contributed by atoms with van der Waals surface area (Å²) in [6, 6.07) is 0.0164. The van der Waals surface area contributed by atoms with Gasteiger partial charge in [-0.25, -0.2) is 0 Å². The molecule has 8 nitrogen and oxygen atoms in total. The van der Waals surface area contributed by atoms with E-state index >= 15 is 0 Å². The Labute approximate surface area is 192 Å². The zero-order valence-corrected chi connectivity index (χ0v) is 20.2. The first-order chi connectivity index (χ1) is 15.1. The highest BCUT2D eigenvalue weighted by atomic mass is 16.6. The van der Waals surface area contributed by atoms with Crippen molar-refractivity contribution >= 4 is 11.9 Å². The molecule has 0 heterocycles. The molecule has 0 bridgehead atoms. The Morgan fingerprint density at radius 1 is 1.09 bits per heavy atom. The number of carbonyl (C=O) groups excluding carboxylic acids is 1. The van der Waals surface area contributed by atoms with Gasteiger partial charge in [0, 0.05) is 24.5 Å². The Morgan fingerprint density at radius 2 is 1.72 bits per heavy atom. The molecule has 1 amide bonds. The molecule has 2 rings (SSSR count). The quantitative estimate of drug-likeness (QED) is 0.305. The first-order valence-electron chi connectivity index (χ1n) is 12.0. The van der Waals surface area contributed by atoms with Crippen LogP contribution in [0, 0.1) is 17.3 Å². The summed E-state index contributed by atoms with van der Waals surface area (Å²) in [5, 5.41) is 23.3. The number of aliphatic carboxylic acids is 1. The Balaban J connectivity index is 2.05. The van der Waals surface area contributed by atoms with Crippen molar-refractivity contribution in [2.24, 2.45) is 17.3 Å². The van der Waals surface area contributed by atoms with Crippen LogP contribution in [0.1, 0.15) is 78.6 Å². The van der Waals surface area contributed by atoms with Gasteiger partial charge in [-0.05, 0) is 65.7 Å². The van der Waals surface area contributed by atoms with E-state index in [9.17, 15) is 19.8 Å². The Bertz CT molecular complexity index is 590. The minimum absolute atomic E-state index is 0.0164. The number of carboxylic acids is 1. The molecule has 0 aliphatic heterocycles. The van der Waals surface area contributed by atoms with Crippen LogP contribution in [0.2, 0.25) is 0 Å². The molecule has 0 aromatic heterocycles. The molecule has 2 unspecified atom stereocenters. The molecule has 2 atom stereocenters. The van der Waals surface area contributed by atoms with Gasteiger partial charge in [-0.15, -0.1) is 0 Å². The van der Waals surface area contributed by atoms with Gasteiger partial charge in [-0.2, -0.15) is 0 Å². The van der Waals surface area contributed by atoms with Crippen molar-refractivity contribution in [2.45, 2.75) is 96.5 Å². The van der Waals surface area contributed by atoms with Crippen LogP contribution in [-0.2, 0) is 23.8 Å². The molecule has 2 saturated carbocycles. The number of hydrogen-bond donors (Lipinski definition) is 3. The van der Waals surface area contributed by atoms with Gasteiger partial charge in [0.25, 0.3) is 0 Å². The van der Waals surface area contributed by atoms with Crippen LogP contribution in [0.3, 0.4) is 0 Å². The molecule has 3 N–H and O–H groups in total. The number of hydrogen-bond acceptors (Lipinski definition) is 6. The second-order valence-corrected chi connectivity index (χ2v) is 10.5. The highest BCUT2D eigenvalue weighted by Crippen LogP contribution is 2.45. The normalized spacial score (nSPS) is 25.3.